The van der Waals surface area contributed by atoms with E-state index in [2.05, 4.69) is 85.4 Å². The van der Waals surface area contributed by atoms with E-state index in [1.807, 2.05) is 36.4 Å². The highest BCUT2D eigenvalue weighted by Crippen LogP contribution is 2.15. The Hall–Kier alpha value is -3.69. The maximum absolute atomic E-state index is 11.6. The lowest BCUT2D eigenvalue weighted by molar-refractivity contribution is -0.130. The molecule has 0 atom stereocenters. The molecule has 30 heavy (non-hydrogen) atoms. The molecule has 2 nitrogen and oxygen atoms in total. The van der Waals surface area contributed by atoms with E-state index in [-0.39, 0.29) is 5.57 Å². The monoisotopic (exact) mass is 406 g/mol. The second-order valence-corrected chi connectivity index (χ2v) is 11.0. The third-order valence-electron chi connectivity index (χ3n) is 5.52. The van der Waals surface area contributed by atoms with Gasteiger partial charge in [-0.25, -0.2) is 4.79 Å². The Balaban J connectivity index is 2.10. The van der Waals surface area contributed by atoms with Crippen molar-refractivity contribution in [2.24, 2.45) is 0 Å². The van der Waals surface area contributed by atoms with Gasteiger partial charge in [-0.1, -0.05) is 122 Å². The van der Waals surface area contributed by atoms with Crippen LogP contribution in [0, 0.1) is 0 Å². The van der Waals surface area contributed by atoms with Crippen LogP contribution in [0.3, 0.4) is 0 Å². The number of rotatable bonds is 6. The van der Waals surface area contributed by atoms with Gasteiger partial charge in [-0.15, -0.1) is 0 Å². The van der Waals surface area contributed by atoms with Gasteiger partial charge >= 0.3 is 5.97 Å². The Morgan fingerprint density at radius 3 is 1.40 bits per heavy atom. The number of hydrogen-bond acceptors (Lipinski definition) is 1. The molecule has 0 aliphatic rings. The molecule has 0 amide bonds. The molecule has 4 rings (SSSR count). The first-order valence-electron chi connectivity index (χ1n) is 9.83. The Morgan fingerprint density at radius 2 is 1.00 bits per heavy atom. The Labute approximate surface area is 177 Å². The van der Waals surface area contributed by atoms with Crippen molar-refractivity contribution in [2.45, 2.75) is 0 Å². The fourth-order valence-corrected chi connectivity index (χ4v) is 8.92. The lowest BCUT2D eigenvalue weighted by atomic mass is 10.1. The summed E-state index contributed by atoms with van der Waals surface area (Å²) in [6.07, 6.45) is 0. The fraction of sp³-hybridized carbons (Fsp3) is 0. The summed E-state index contributed by atoms with van der Waals surface area (Å²) in [5.41, 5.74) is 0.744. The summed E-state index contributed by atoms with van der Waals surface area (Å²) in [5.74, 6) is -1.00. The Bertz CT molecular complexity index is 1070. The average molecular weight is 407 g/mol. The van der Waals surface area contributed by atoms with E-state index in [1.165, 1.54) is 15.6 Å². The van der Waals surface area contributed by atoms with Crippen LogP contribution in [0.2, 0.25) is 0 Å². The minimum absolute atomic E-state index is 0.105. The van der Waals surface area contributed by atoms with Gasteiger partial charge in [0.1, 0.15) is 0 Å². The predicted molar refractivity (Wildman–Crippen MR) is 127 cm³/mol. The van der Waals surface area contributed by atoms with E-state index in [1.54, 1.807) is 0 Å². The topological polar surface area (TPSA) is 37.3 Å². The van der Waals surface area contributed by atoms with E-state index in [0.29, 0.717) is 5.56 Å². The zero-order chi connectivity index (χ0) is 21.0. The molecule has 0 aliphatic heterocycles. The summed E-state index contributed by atoms with van der Waals surface area (Å²) < 4.78 is 0. The number of hydrogen-bond donors (Lipinski definition) is 1. The molecular weight excluding hydrogens is 384 g/mol. The van der Waals surface area contributed by atoms with Crippen LogP contribution in [0.15, 0.2) is 122 Å². The molecule has 0 fully saturated rings. The van der Waals surface area contributed by atoms with E-state index >= 15 is 0 Å². The summed E-state index contributed by atoms with van der Waals surface area (Å²) >= 11 is 0. The first kappa shape index (κ1) is 19.6. The van der Waals surface area contributed by atoms with E-state index in [9.17, 15) is 9.90 Å². The van der Waals surface area contributed by atoms with Crippen LogP contribution in [0.1, 0.15) is 5.56 Å². The Morgan fingerprint density at radius 1 is 0.600 bits per heavy atom. The van der Waals surface area contributed by atoms with Gasteiger partial charge in [-0.3, -0.25) is 0 Å². The van der Waals surface area contributed by atoms with Crippen LogP contribution in [-0.2, 0) is 4.79 Å². The molecule has 0 radical (unpaired) electrons. The molecule has 0 aromatic heterocycles. The van der Waals surface area contributed by atoms with Gasteiger partial charge in [0.15, 0.2) is 8.07 Å². The van der Waals surface area contributed by atoms with Crippen molar-refractivity contribution in [1.82, 2.24) is 0 Å². The molecule has 0 aliphatic carbocycles. The van der Waals surface area contributed by atoms with E-state index in [4.69, 9.17) is 0 Å². The third kappa shape index (κ3) is 3.40. The number of carbonyl (C=O) groups is 1. The highest BCUT2D eigenvalue weighted by atomic mass is 28.3. The number of benzene rings is 4. The molecule has 4 aromatic rings. The smallest absolute Gasteiger partial charge is 0.335 e. The molecule has 3 heteroatoms. The van der Waals surface area contributed by atoms with Crippen LogP contribution in [0.25, 0.3) is 5.57 Å². The SMILES string of the molecule is C=C(C(=O)O)c1cccc([Si](c2ccccc2)(c2ccccc2)c2ccccc2)c1. The van der Waals surface area contributed by atoms with Crippen molar-refractivity contribution in [2.75, 3.05) is 0 Å². The molecule has 0 unspecified atom stereocenters. The highest BCUT2D eigenvalue weighted by Gasteiger charge is 2.41. The van der Waals surface area contributed by atoms with Gasteiger partial charge in [0.2, 0.25) is 0 Å². The van der Waals surface area contributed by atoms with Crippen molar-refractivity contribution in [3.05, 3.63) is 127 Å². The molecule has 0 saturated heterocycles. The van der Waals surface area contributed by atoms with Gasteiger partial charge in [0.05, 0.1) is 5.57 Å². The summed E-state index contributed by atoms with van der Waals surface area (Å²) in [6.45, 7) is 3.78. The van der Waals surface area contributed by atoms with Gasteiger partial charge in [-0.05, 0) is 26.3 Å². The highest BCUT2D eigenvalue weighted by molar-refractivity contribution is 7.19. The van der Waals surface area contributed by atoms with Crippen molar-refractivity contribution >= 4 is 40.4 Å². The van der Waals surface area contributed by atoms with E-state index < -0.39 is 14.0 Å². The largest absolute Gasteiger partial charge is 0.478 e. The maximum Gasteiger partial charge on any atom is 0.335 e. The molecule has 1 N–H and O–H groups in total. The minimum atomic E-state index is -2.65. The fourth-order valence-electron chi connectivity index (χ4n) is 4.13. The van der Waals surface area contributed by atoms with E-state index in [0.717, 1.165) is 5.19 Å². The van der Waals surface area contributed by atoms with Crippen molar-refractivity contribution in [3.63, 3.8) is 0 Å². The van der Waals surface area contributed by atoms with Crippen molar-refractivity contribution < 1.29 is 9.90 Å². The summed E-state index contributed by atoms with van der Waals surface area (Å²) in [4.78, 5) is 11.6. The molecule has 0 heterocycles. The van der Waals surface area contributed by atoms with Crippen LogP contribution in [0.4, 0.5) is 0 Å². The number of aliphatic carboxylic acids is 1. The zero-order valence-electron chi connectivity index (χ0n) is 16.5. The first-order chi connectivity index (χ1) is 14.6. The standard InChI is InChI=1S/C27H22O2Si/c1-21(27(28)29)22-12-11-19-26(20-22)30(23-13-5-2-6-14-23,24-15-7-3-8-16-24)25-17-9-4-10-18-25/h2-20H,1H2,(H,28,29). The van der Waals surface area contributed by atoms with Crippen LogP contribution >= 0.6 is 0 Å². The zero-order valence-corrected chi connectivity index (χ0v) is 17.5. The van der Waals surface area contributed by atoms with Crippen molar-refractivity contribution in [3.8, 4) is 0 Å². The van der Waals surface area contributed by atoms with Crippen LogP contribution < -0.4 is 20.7 Å². The maximum atomic E-state index is 11.6. The van der Waals surface area contributed by atoms with Crippen LogP contribution in [0.5, 0.6) is 0 Å². The summed E-state index contributed by atoms with van der Waals surface area (Å²) in [5, 5.41) is 14.4. The predicted octanol–water partition coefficient (Wildman–Crippen LogP) is 3.16. The van der Waals surface area contributed by atoms with Gasteiger partial charge in [0, 0.05) is 0 Å². The first-order valence-corrected chi connectivity index (χ1v) is 11.8. The minimum Gasteiger partial charge on any atom is -0.478 e. The van der Waals surface area contributed by atoms with Crippen LogP contribution in [-0.4, -0.2) is 19.1 Å². The lowest BCUT2D eigenvalue weighted by Crippen LogP contribution is -2.74. The van der Waals surface area contributed by atoms with Gasteiger partial charge < -0.3 is 5.11 Å². The molecule has 146 valence electrons. The van der Waals surface area contributed by atoms with Crippen molar-refractivity contribution in [1.29, 1.82) is 0 Å². The number of carboxylic acid groups (broad SMARTS) is 1. The quantitative estimate of drug-likeness (QED) is 0.303. The summed E-state index contributed by atoms with van der Waals surface area (Å²) in [6, 6.07) is 39.5. The normalized spacial score (nSPS) is 11.1. The summed E-state index contributed by atoms with van der Waals surface area (Å²) in [7, 11) is -2.65. The average Bonchev–Trinajstić information content (AvgIpc) is 2.81. The Kier molecular flexibility index (Phi) is 5.46. The number of carboxylic acids is 1. The lowest BCUT2D eigenvalue weighted by Gasteiger charge is -2.34. The molecular formula is C27H22O2Si. The molecule has 4 aromatic carbocycles. The molecule has 0 spiro atoms. The third-order valence-corrected chi connectivity index (χ3v) is 10.3. The van der Waals surface area contributed by atoms with Gasteiger partial charge in [-0.2, -0.15) is 0 Å². The van der Waals surface area contributed by atoms with Gasteiger partial charge in [0.25, 0.3) is 0 Å². The second kappa shape index (κ2) is 8.35. The molecule has 0 saturated carbocycles. The second-order valence-electron chi connectivity index (χ2n) is 7.21. The molecule has 0 bridgehead atoms.